The number of benzene rings is 1. The molecule has 0 saturated carbocycles. The fourth-order valence-electron chi connectivity index (χ4n) is 3.00. The van der Waals surface area contributed by atoms with Gasteiger partial charge in [-0.05, 0) is 61.0 Å². The second-order valence-corrected chi connectivity index (χ2v) is 9.49. The van der Waals surface area contributed by atoms with Crippen molar-refractivity contribution in [1.82, 2.24) is 10.1 Å². The van der Waals surface area contributed by atoms with Gasteiger partial charge in [-0.25, -0.2) is 14.6 Å². The van der Waals surface area contributed by atoms with E-state index in [1.165, 1.54) is 14.0 Å². The highest BCUT2D eigenvalue weighted by Gasteiger charge is 2.57. The third kappa shape index (κ3) is 5.34. The van der Waals surface area contributed by atoms with Crippen LogP contribution in [0.3, 0.4) is 0 Å². The Balaban J connectivity index is 2.58. The number of hydrazone groups is 1. The second kappa shape index (κ2) is 8.20. The van der Waals surface area contributed by atoms with Crippen LogP contribution in [0.4, 0.5) is 9.59 Å². The van der Waals surface area contributed by atoms with Crippen molar-refractivity contribution in [3.8, 4) is 0 Å². The van der Waals surface area contributed by atoms with Crippen LogP contribution in [0.5, 0.6) is 0 Å². The van der Waals surface area contributed by atoms with Crippen molar-refractivity contribution in [2.75, 3.05) is 7.05 Å². The molecule has 2 amide bonds. The summed E-state index contributed by atoms with van der Waals surface area (Å²) < 4.78 is 10.6. The normalized spacial score (nSPS) is 19.1. The van der Waals surface area contributed by atoms with Gasteiger partial charge in [-0.3, -0.25) is 9.63 Å². The maximum absolute atomic E-state index is 13.2. The molecule has 9 nitrogen and oxygen atoms in total. The van der Waals surface area contributed by atoms with Gasteiger partial charge in [0.25, 0.3) is 5.91 Å². The zero-order chi connectivity index (χ0) is 23.8. The minimum absolute atomic E-state index is 0.243. The van der Waals surface area contributed by atoms with E-state index in [2.05, 4.69) is 5.10 Å². The van der Waals surface area contributed by atoms with E-state index in [9.17, 15) is 14.4 Å². The molecule has 1 aliphatic rings. The molecule has 1 unspecified atom stereocenters. The van der Waals surface area contributed by atoms with Gasteiger partial charge in [-0.2, -0.15) is 5.10 Å². The molecular weight excluding hydrogens is 402 g/mol. The number of hydrogen-bond acceptors (Lipinski definition) is 7. The number of rotatable bonds is 2. The summed E-state index contributed by atoms with van der Waals surface area (Å²) in [6.45, 7) is 13.3. The third-order valence-electron chi connectivity index (χ3n) is 4.34. The Morgan fingerprint density at radius 3 is 2.10 bits per heavy atom. The van der Waals surface area contributed by atoms with Crippen LogP contribution in [0.15, 0.2) is 29.4 Å². The molecule has 31 heavy (non-hydrogen) atoms. The molecular formula is C22H31N3O6. The van der Waals surface area contributed by atoms with Crippen molar-refractivity contribution >= 4 is 23.9 Å². The van der Waals surface area contributed by atoms with Crippen molar-refractivity contribution in [2.24, 2.45) is 5.10 Å². The lowest BCUT2D eigenvalue weighted by atomic mass is 9.88. The van der Waals surface area contributed by atoms with E-state index in [4.69, 9.17) is 14.3 Å². The molecule has 1 heterocycles. The summed E-state index contributed by atoms with van der Waals surface area (Å²) in [6, 6.07) is 7.27. The molecule has 0 spiro atoms. The number of nitrogens with zero attached hydrogens (tertiary/aromatic N) is 3. The van der Waals surface area contributed by atoms with Gasteiger partial charge >= 0.3 is 12.2 Å². The molecule has 0 saturated heterocycles. The fourth-order valence-corrected chi connectivity index (χ4v) is 3.00. The smallest absolute Gasteiger partial charge is 0.442 e. The summed E-state index contributed by atoms with van der Waals surface area (Å²) in [5.41, 5.74) is -1.86. The SMILES string of the molecule is Cc1ccccc1C1=NN(C)C(=O)C1(C)N(OC(=O)OC(C)(C)C)C(=O)OC(C)(C)C. The Kier molecular flexibility index (Phi) is 6.40. The standard InChI is InChI=1S/C22H31N3O6/c1-14-12-10-11-13-15(14)16-22(8,17(26)24(9)23-16)25(18(27)29-20(2,3)4)31-19(28)30-21(5,6)7/h10-13H,1-9H3. The summed E-state index contributed by atoms with van der Waals surface area (Å²) in [5, 5.41) is 6.08. The molecule has 0 aliphatic carbocycles. The molecule has 1 atom stereocenters. The number of hydroxylamine groups is 2. The molecule has 0 bridgehead atoms. The number of ether oxygens (including phenoxy) is 2. The quantitative estimate of drug-likeness (QED) is 0.516. The molecule has 9 heteroatoms. The summed E-state index contributed by atoms with van der Waals surface area (Å²) in [7, 11) is 1.46. The minimum atomic E-state index is -1.78. The summed E-state index contributed by atoms with van der Waals surface area (Å²) in [5.74, 6) is -0.569. The van der Waals surface area contributed by atoms with Gasteiger partial charge in [0.05, 0.1) is 0 Å². The van der Waals surface area contributed by atoms with Gasteiger partial charge in [-0.15, -0.1) is 5.06 Å². The summed E-state index contributed by atoms with van der Waals surface area (Å²) in [6.07, 6.45) is -2.17. The Morgan fingerprint density at radius 2 is 1.58 bits per heavy atom. The molecule has 170 valence electrons. The highest BCUT2D eigenvalue weighted by Crippen LogP contribution is 2.33. The van der Waals surface area contributed by atoms with Crippen LogP contribution in [0.2, 0.25) is 0 Å². The van der Waals surface area contributed by atoms with Crippen LogP contribution < -0.4 is 0 Å². The molecule has 0 N–H and O–H groups in total. The van der Waals surface area contributed by atoms with Crippen LogP contribution >= 0.6 is 0 Å². The molecule has 0 radical (unpaired) electrons. The first kappa shape index (κ1) is 24.2. The topological polar surface area (TPSA) is 97.7 Å². The first-order chi connectivity index (χ1) is 14.1. The predicted molar refractivity (Wildman–Crippen MR) is 114 cm³/mol. The predicted octanol–water partition coefficient (Wildman–Crippen LogP) is 4.03. The van der Waals surface area contributed by atoms with Crippen LogP contribution in [0, 0.1) is 6.92 Å². The van der Waals surface area contributed by atoms with Crippen molar-refractivity contribution < 1.29 is 28.7 Å². The summed E-state index contributed by atoms with van der Waals surface area (Å²) >= 11 is 0. The molecule has 0 fully saturated rings. The monoisotopic (exact) mass is 433 g/mol. The highest BCUT2D eigenvalue weighted by atomic mass is 16.8. The Hall–Kier alpha value is -3.10. The number of hydrogen-bond donors (Lipinski definition) is 0. The van der Waals surface area contributed by atoms with Crippen LogP contribution in [-0.4, -0.2) is 57.7 Å². The van der Waals surface area contributed by atoms with Gasteiger partial charge in [-0.1, -0.05) is 24.3 Å². The molecule has 1 aliphatic heterocycles. The van der Waals surface area contributed by atoms with Gasteiger partial charge in [0.1, 0.15) is 16.9 Å². The zero-order valence-corrected chi connectivity index (χ0v) is 19.6. The average molecular weight is 434 g/mol. The van der Waals surface area contributed by atoms with E-state index in [0.717, 1.165) is 10.6 Å². The lowest BCUT2D eigenvalue weighted by molar-refractivity contribution is -0.176. The van der Waals surface area contributed by atoms with Gasteiger partial charge in [0.2, 0.25) is 5.54 Å². The van der Waals surface area contributed by atoms with Crippen LogP contribution in [-0.2, 0) is 19.1 Å². The van der Waals surface area contributed by atoms with E-state index in [1.54, 1.807) is 53.7 Å². The number of carbonyl (C=O) groups is 3. The van der Waals surface area contributed by atoms with Crippen molar-refractivity contribution in [3.63, 3.8) is 0 Å². The number of carbonyl (C=O) groups excluding carboxylic acids is 3. The third-order valence-corrected chi connectivity index (χ3v) is 4.34. The number of likely N-dealkylation sites (N-methyl/N-ethyl adjacent to an activating group) is 1. The maximum atomic E-state index is 13.2. The molecule has 1 aromatic carbocycles. The van der Waals surface area contributed by atoms with E-state index in [0.29, 0.717) is 10.6 Å². The van der Waals surface area contributed by atoms with Gasteiger partial charge in [0.15, 0.2) is 0 Å². The van der Waals surface area contributed by atoms with Gasteiger partial charge < -0.3 is 9.47 Å². The average Bonchev–Trinajstić information content (AvgIpc) is 2.82. The maximum Gasteiger partial charge on any atom is 0.534 e. The van der Waals surface area contributed by atoms with Crippen LogP contribution in [0.1, 0.15) is 59.6 Å². The molecule has 0 aromatic heterocycles. The number of aryl methyl sites for hydroxylation is 1. The van der Waals surface area contributed by atoms with Crippen LogP contribution in [0.25, 0.3) is 0 Å². The lowest BCUT2D eigenvalue weighted by Gasteiger charge is -2.36. The van der Waals surface area contributed by atoms with E-state index >= 15 is 0 Å². The number of amides is 2. The van der Waals surface area contributed by atoms with Crippen molar-refractivity contribution in [3.05, 3.63) is 35.4 Å². The van der Waals surface area contributed by atoms with E-state index in [1.807, 2.05) is 19.1 Å². The fraction of sp³-hybridized carbons (Fsp3) is 0.545. The Labute approximate surface area is 182 Å². The highest BCUT2D eigenvalue weighted by molar-refractivity contribution is 6.24. The van der Waals surface area contributed by atoms with E-state index in [-0.39, 0.29) is 5.71 Å². The molecule has 2 rings (SSSR count). The Morgan fingerprint density at radius 1 is 1.03 bits per heavy atom. The second-order valence-electron chi connectivity index (χ2n) is 9.49. The first-order valence-corrected chi connectivity index (χ1v) is 9.93. The van der Waals surface area contributed by atoms with Gasteiger partial charge in [0, 0.05) is 12.6 Å². The van der Waals surface area contributed by atoms with Crippen molar-refractivity contribution in [2.45, 2.75) is 72.1 Å². The molecule has 1 aromatic rings. The lowest BCUT2D eigenvalue weighted by Crippen LogP contribution is -2.61. The van der Waals surface area contributed by atoms with Crippen molar-refractivity contribution in [1.29, 1.82) is 0 Å². The minimum Gasteiger partial charge on any atom is -0.442 e. The first-order valence-electron chi connectivity index (χ1n) is 9.93. The van der Waals surface area contributed by atoms with E-state index < -0.39 is 34.9 Å². The Bertz CT molecular complexity index is 913. The zero-order valence-electron chi connectivity index (χ0n) is 19.6. The largest absolute Gasteiger partial charge is 0.534 e. The summed E-state index contributed by atoms with van der Waals surface area (Å²) in [4.78, 5) is 44.1.